The largest absolute Gasteiger partial charge is 0.429 e. The van der Waals surface area contributed by atoms with Gasteiger partial charge in [0.25, 0.3) is 5.19 Å². The van der Waals surface area contributed by atoms with Gasteiger partial charge in [0.15, 0.2) is 0 Å². The summed E-state index contributed by atoms with van der Waals surface area (Å²) >= 11 is 7.15. The molecule has 0 radical (unpaired) electrons. The lowest BCUT2D eigenvalue weighted by Gasteiger charge is -2.08. The first kappa shape index (κ1) is 10.4. The van der Waals surface area contributed by atoms with Crippen LogP contribution in [-0.4, -0.2) is 9.36 Å². The highest BCUT2D eigenvalue weighted by Gasteiger charge is 2.08. The molecule has 0 aliphatic rings. The summed E-state index contributed by atoms with van der Waals surface area (Å²) in [4.78, 5) is 3.92. The number of aromatic nitrogens is 2. The Morgan fingerprint density at radius 1 is 1.47 bits per heavy atom. The molecule has 2 rings (SSSR count). The predicted octanol–water partition coefficient (Wildman–Crippen LogP) is 2.44. The fourth-order valence-corrected chi connectivity index (χ4v) is 1.78. The monoisotopic (exact) mass is 241 g/mol. The molecule has 2 N–H and O–H groups in total. The molecular weight excluding hydrogens is 234 g/mol. The summed E-state index contributed by atoms with van der Waals surface area (Å²) in [5.41, 5.74) is 6.36. The number of ether oxygens (including phenoxy) is 1. The standard InChI is InChI=1S/C9H8ClN3OS/c10-7-2-1-3-8(6(7)4-11)14-9-12-5-13-15-9/h1-3,5H,4,11H2. The summed E-state index contributed by atoms with van der Waals surface area (Å²) in [6.07, 6.45) is 1.44. The van der Waals surface area contributed by atoms with Gasteiger partial charge in [0.1, 0.15) is 12.1 Å². The van der Waals surface area contributed by atoms with E-state index >= 15 is 0 Å². The van der Waals surface area contributed by atoms with Crippen molar-refractivity contribution in [2.24, 2.45) is 5.73 Å². The van der Waals surface area contributed by atoms with Crippen LogP contribution in [-0.2, 0) is 6.54 Å². The van der Waals surface area contributed by atoms with Crippen LogP contribution >= 0.6 is 23.1 Å². The highest BCUT2D eigenvalue weighted by atomic mass is 35.5. The summed E-state index contributed by atoms with van der Waals surface area (Å²) in [7, 11) is 0. The fourth-order valence-electron chi connectivity index (χ4n) is 1.13. The highest BCUT2D eigenvalue weighted by molar-refractivity contribution is 7.07. The van der Waals surface area contributed by atoms with Crippen LogP contribution in [0.1, 0.15) is 5.56 Å². The zero-order valence-electron chi connectivity index (χ0n) is 7.68. The number of nitrogens with two attached hydrogens (primary N) is 1. The van der Waals surface area contributed by atoms with E-state index in [1.165, 1.54) is 17.9 Å². The number of benzene rings is 1. The van der Waals surface area contributed by atoms with Gasteiger partial charge in [0, 0.05) is 28.7 Å². The van der Waals surface area contributed by atoms with Crippen molar-refractivity contribution in [1.29, 1.82) is 0 Å². The Morgan fingerprint density at radius 2 is 2.33 bits per heavy atom. The van der Waals surface area contributed by atoms with E-state index in [9.17, 15) is 0 Å². The number of nitrogens with zero attached hydrogens (tertiary/aromatic N) is 2. The Hall–Kier alpha value is -1.17. The first-order chi connectivity index (χ1) is 7.31. The molecule has 0 aliphatic heterocycles. The van der Waals surface area contributed by atoms with Crippen LogP contribution in [0.5, 0.6) is 10.9 Å². The minimum atomic E-state index is 0.327. The minimum absolute atomic E-state index is 0.327. The molecule has 2 aromatic rings. The second kappa shape index (κ2) is 4.57. The summed E-state index contributed by atoms with van der Waals surface area (Å²) in [6.45, 7) is 0.327. The molecule has 0 aliphatic carbocycles. The Kier molecular flexibility index (Phi) is 3.15. The van der Waals surface area contributed by atoms with Crippen molar-refractivity contribution in [1.82, 2.24) is 9.36 Å². The average molecular weight is 242 g/mol. The van der Waals surface area contributed by atoms with Gasteiger partial charge in [-0.2, -0.15) is 9.36 Å². The molecular formula is C9H8ClN3OS. The number of hydrogen-bond acceptors (Lipinski definition) is 5. The molecule has 0 amide bonds. The van der Waals surface area contributed by atoms with Gasteiger partial charge in [-0.3, -0.25) is 0 Å². The molecule has 0 saturated heterocycles. The fraction of sp³-hybridized carbons (Fsp3) is 0.111. The van der Waals surface area contributed by atoms with Crippen molar-refractivity contribution in [2.45, 2.75) is 6.54 Å². The maximum absolute atomic E-state index is 5.98. The van der Waals surface area contributed by atoms with Crippen LogP contribution < -0.4 is 10.5 Å². The molecule has 15 heavy (non-hydrogen) atoms. The smallest absolute Gasteiger partial charge is 0.298 e. The van der Waals surface area contributed by atoms with E-state index in [-0.39, 0.29) is 0 Å². The molecule has 0 saturated carbocycles. The molecule has 6 heteroatoms. The molecule has 0 bridgehead atoms. The van der Waals surface area contributed by atoms with Crippen LogP contribution in [0.25, 0.3) is 0 Å². The van der Waals surface area contributed by atoms with Crippen LogP contribution in [0.2, 0.25) is 5.02 Å². The first-order valence-corrected chi connectivity index (χ1v) is 5.38. The molecule has 0 atom stereocenters. The van der Waals surface area contributed by atoms with E-state index in [0.29, 0.717) is 22.5 Å². The molecule has 0 fully saturated rings. The maximum atomic E-state index is 5.98. The van der Waals surface area contributed by atoms with Crippen LogP contribution in [0.15, 0.2) is 24.5 Å². The predicted molar refractivity (Wildman–Crippen MR) is 59.3 cm³/mol. The molecule has 0 spiro atoms. The second-order valence-corrected chi connectivity index (χ2v) is 3.88. The third-order valence-electron chi connectivity index (χ3n) is 1.82. The SMILES string of the molecule is NCc1c(Cl)cccc1Oc1ncns1. The molecule has 4 nitrogen and oxygen atoms in total. The summed E-state index contributed by atoms with van der Waals surface area (Å²) in [6, 6.07) is 5.38. The Balaban J connectivity index is 2.32. The average Bonchev–Trinajstić information content (AvgIpc) is 2.71. The number of hydrogen-bond donors (Lipinski definition) is 1. The summed E-state index contributed by atoms with van der Waals surface area (Å²) < 4.78 is 9.34. The van der Waals surface area contributed by atoms with Gasteiger partial charge in [-0.25, -0.2) is 0 Å². The van der Waals surface area contributed by atoms with Crippen LogP contribution in [0.4, 0.5) is 0 Å². The van der Waals surface area contributed by atoms with Gasteiger partial charge in [0.05, 0.1) is 0 Å². The third kappa shape index (κ3) is 2.26. The highest BCUT2D eigenvalue weighted by Crippen LogP contribution is 2.30. The van der Waals surface area contributed by atoms with Gasteiger partial charge in [-0.1, -0.05) is 17.7 Å². The van der Waals surface area contributed by atoms with Gasteiger partial charge in [-0.05, 0) is 12.1 Å². The molecule has 1 aromatic heterocycles. The van der Waals surface area contributed by atoms with Gasteiger partial charge >= 0.3 is 0 Å². The van der Waals surface area contributed by atoms with Crippen molar-refractivity contribution >= 4 is 23.1 Å². The molecule has 78 valence electrons. The van der Waals surface area contributed by atoms with Crippen LogP contribution in [0, 0.1) is 0 Å². The summed E-state index contributed by atoms with van der Waals surface area (Å²) in [5, 5.41) is 1.08. The van der Waals surface area contributed by atoms with Crippen molar-refractivity contribution in [3.05, 3.63) is 35.1 Å². The van der Waals surface area contributed by atoms with E-state index in [0.717, 1.165) is 5.56 Å². The van der Waals surface area contributed by atoms with E-state index in [1.807, 2.05) is 0 Å². The topological polar surface area (TPSA) is 61.0 Å². The molecule has 1 heterocycles. The lowest BCUT2D eigenvalue weighted by atomic mass is 10.2. The van der Waals surface area contributed by atoms with Crippen molar-refractivity contribution in [3.8, 4) is 10.9 Å². The Labute approximate surface area is 95.8 Å². The van der Waals surface area contributed by atoms with E-state index in [2.05, 4.69) is 9.36 Å². The zero-order valence-corrected chi connectivity index (χ0v) is 9.26. The molecule has 0 unspecified atom stereocenters. The molecule has 1 aromatic carbocycles. The van der Waals surface area contributed by atoms with Crippen molar-refractivity contribution in [3.63, 3.8) is 0 Å². The first-order valence-electron chi connectivity index (χ1n) is 4.23. The van der Waals surface area contributed by atoms with Crippen molar-refractivity contribution in [2.75, 3.05) is 0 Å². The minimum Gasteiger partial charge on any atom is -0.429 e. The number of rotatable bonds is 3. The van der Waals surface area contributed by atoms with E-state index < -0.39 is 0 Å². The Morgan fingerprint density at radius 3 is 3.00 bits per heavy atom. The van der Waals surface area contributed by atoms with Crippen molar-refractivity contribution < 1.29 is 4.74 Å². The van der Waals surface area contributed by atoms with Gasteiger partial charge in [0.2, 0.25) is 0 Å². The van der Waals surface area contributed by atoms with Gasteiger partial charge in [-0.15, -0.1) is 0 Å². The van der Waals surface area contributed by atoms with E-state index in [4.69, 9.17) is 22.1 Å². The lowest BCUT2D eigenvalue weighted by molar-refractivity contribution is 0.473. The van der Waals surface area contributed by atoms with Crippen LogP contribution in [0.3, 0.4) is 0 Å². The normalized spacial score (nSPS) is 10.3. The zero-order chi connectivity index (χ0) is 10.7. The lowest BCUT2D eigenvalue weighted by Crippen LogP contribution is -2.00. The Bertz CT molecular complexity index is 447. The maximum Gasteiger partial charge on any atom is 0.298 e. The third-order valence-corrected chi connectivity index (χ3v) is 2.72. The quantitative estimate of drug-likeness (QED) is 0.897. The van der Waals surface area contributed by atoms with Gasteiger partial charge < -0.3 is 10.5 Å². The second-order valence-electron chi connectivity index (χ2n) is 2.73. The summed E-state index contributed by atoms with van der Waals surface area (Å²) in [5.74, 6) is 0.627. The van der Waals surface area contributed by atoms with E-state index in [1.54, 1.807) is 18.2 Å². The number of halogens is 1.